The van der Waals surface area contributed by atoms with Crippen LogP contribution in [0.5, 0.6) is 0 Å². The number of rotatable bonds is 3. The molecular formula is C15H11Cl2N5O. The average molecular weight is 348 g/mol. The van der Waals surface area contributed by atoms with Crippen LogP contribution in [-0.2, 0) is 0 Å². The third-order valence-corrected chi connectivity index (χ3v) is 3.50. The van der Waals surface area contributed by atoms with Gasteiger partial charge in [-0.3, -0.25) is 15.0 Å². The Labute approximate surface area is 140 Å². The highest BCUT2D eigenvalue weighted by Crippen LogP contribution is 2.29. The number of hydrogen-bond donors (Lipinski definition) is 3. The van der Waals surface area contributed by atoms with Crippen LogP contribution >= 0.6 is 23.2 Å². The van der Waals surface area contributed by atoms with Crippen LogP contribution in [0.1, 0.15) is 0 Å². The van der Waals surface area contributed by atoms with E-state index in [4.69, 9.17) is 28.9 Å². The van der Waals surface area contributed by atoms with Crippen LogP contribution in [0.2, 0.25) is 10.0 Å². The monoisotopic (exact) mass is 347 g/mol. The van der Waals surface area contributed by atoms with Crippen LogP contribution in [0.3, 0.4) is 0 Å². The van der Waals surface area contributed by atoms with Crippen LogP contribution in [-0.4, -0.2) is 10.2 Å². The molecule has 0 aliphatic carbocycles. The van der Waals surface area contributed by atoms with Gasteiger partial charge < -0.3 is 5.73 Å². The fraction of sp³-hybridized carbons (Fsp3) is 0. The first-order valence-electron chi connectivity index (χ1n) is 6.57. The topological polar surface area (TPSA) is 99.4 Å². The number of nitrogens with one attached hydrogen (secondary N) is 2. The number of hydrogen-bond acceptors (Lipinski definition) is 4. The molecule has 23 heavy (non-hydrogen) atoms. The molecule has 2 aromatic carbocycles. The Kier molecular flexibility index (Phi) is 4.18. The quantitative estimate of drug-likeness (QED) is 0.473. The van der Waals surface area contributed by atoms with Crippen LogP contribution in [0.15, 0.2) is 57.5 Å². The Morgan fingerprint density at radius 1 is 0.913 bits per heavy atom. The number of aromatic nitrogens is 2. The Morgan fingerprint density at radius 2 is 1.57 bits per heavy atom. The van der Waals surface area contributed by atoms with Gasteiger partial charge in [-0.05, 0) is 30.3 Å². The van der Waals surface area contributed by atoms with E-state index in [1.165, 1.54) is 0 Å². The summed E-state index contributed by atoms with van der Waals surface area (Å²) < 4.78 is 0. The lowest BCUT2D eigenvalue weighted by atomic mass is 10.1. The van der Waals surface area contributed by atoms with Gasteiger partial charge in [0.2, 0.25) is 0 Å². The molecule has 8 heteroatoms. The Morgan fingerprint density at radius 3 is 2.22 bits per heavy atom. The Bertz CT molecular complexity index is 908. The number of nitrogens with two attached hydrogens (primary N) is 1. The zero-order valence-electron chi connectivity index (χ0n) is 11.7. The maximum Gasteiger partial charge on any atom is 0.292 e. The maximum atomic E-state index is 11.9. The van der Waals surface area contributed by atoms with Crippen molar-refractivity contribution in [2.45, 2.75) is 0 Å². The molecule has 0 bridgehead atoms. The first-order chi connectivity index (χ1) is 11.0. The van der Waals surface area contributed by atoms with E-state index in [1.807, 2.05) is 0 Å². The zero-order chi connectivity index (χ0) is 16.4. The van der Waals surface area contributed by atoms with Crippen molar-refractivity contribution >= 4 is 40.3 Å². The first kappa shape index (κ1) is 15.3. The van der Waals surface area contributed by atoms with Crippen LogP contribution < -0.4 is 11.3 Å². The summed E-state index contributed by atoms with van der Waals surface area (Å²) in [4.78, 5) is 11.9. The molecule has 116 valence electrons. The molecule has 0 fully saturated rings. The molecule has 0 aliphatic rings. The lowest BCUT2D eigenvalue weighted by Crippen LogP contribution is -1.96. The third kappa shape index (κ3) is 3.44. The molecule has 3 aromatic rings. The van der Waals surface area contributed by atoms with Crippen molar-refractivity contribution < 1.29 is 0 Å². The van der Waals surface area contributed by atoms with Crippen LogP contribution in [0.25, 0.3) is 11.3 Å². The number of benzene rings is 2. The van der Waals surface area contributed by atoms with Crippen molar-refractivity contribution in [3.63, 3.8) is 0 Å². The van der Waals surface area contributed by atoms with Crippen LogP contribution in [0, 0.1) is 0 Å². The molecule has 1 heterocycles. The van der Waals surface area contributed by atoms with Crippen molar-refractivity contribution in [2.75, 3.05) is 5.73 Å². The highest BCUT2D eigenvalue weighted by atomic mass is 35.5. The molecule has 0 radical (unpaired) electrons. The van der Waals surface area contributed by atoms with E-state index in [0.29, 0.717) is 27.1 Å². The summed E-state index contributed by atoms with van der Waals surface area (Å²) in [6.45, 7) is 0. The largest absolute Gasteiger partial charge is 0.399 e. The molecule has 4 N–H and O–H groups in total. The van der Waals surface area contributed by atoms with Crippen molar-refractivity contribution in [2.24, 2.45) is 10.2 Å². The van der Waals surface area contributed by atoms with Crippen molar-refractivity contribution in [3.8, 4) is 11.3 Å². The lowest BCUT2D eigenvalue weighted by Gasteiger charge is -2.00. The van der Waals surface area contributed by atoms with Crippen molar-refractivity contribution in [1.29, 1.82) is 0 Å². The molecular weight excluding hydrogens is 337 g/mol. The summed E-state index contributed by atoms with van der Waals surface area (Å²) in [7, 11) is 0. The molecule has 6 nitrogen and oxygen atoms in total. The van der Waals surface area contributed by atoms with Crippen molar-refractivity contribution in [1.82, 2.24) is 10.2 Å². The van der Waals surface area contributed by atoms with Gasteiger partial charge in [-0.2, -0.15) is 5.11 Å². The number of halogens is 2. The van der Waals surface area contributed by atoms with E-state index in [0.717, 1.165) is 5.56 Å². The van der Waals surface area contributed by atoms with Gasteiger partial charge in [0.1, 0.15) is 0 Å². The number of anilines is 1. The number of aromatic amines is 2. The second-order valence-corrected chi connectivity index (χ2v) is 5.63. The minimum atomic E-state index is -0.381. The van der Waals surface area contributed by atoms with E-state index in [2.05, 4.69) is 20.4 Å². The normalized spacial score (nSPS) is 11.2. The molecule has 0 amide bonds. The zero-order valence-corrected chi connectivity index (χ0v) is 13.2. The maximum absolute atomic E-state index is 11.9. The molecule has 1 aromatic heterocycles. The number of nitrogen functional groups attached to an aromatic ring is 1. The fourth-order valence-electron chi connectivity index (χ4n) is 2.01. The fourth-order valence-corrected chi connectivity index (χ4v) is 2.52. The number of H-pyrrole nitrogens is 2. The SMILES string of the molecule is Nc1ccc(-c2[nH][nH]c(=O)c2N=Nc2cc(Cl)cc(Cl)c2)cc1. The van der Waals surface area contributed by atoms with Crippen molar-refractivity contribution in [3.05, 3.63) is 62.9 Å². The van der Waals surface area contributed by atoms with Gasteiger partial charge in [-0.1, -0.05) is 35.3 Å². The van der Waals surface area contributed by atoms with E-state index < -0.39 is 0 Å². The van der Waals surface area contributed by atoms with Gasteiger partial charge in [-0.15, -0.1) is 5.11 Å². The summed E-state index contributed by atoms with van der Waals surface area (Å²) in [5.41, 5.74) is 7.80. The smallest absolute Gasteiger partial charge is 0.292 e. The summed E-state index contributed by atoms with van der Waals surface area (Å²) >= 11 is 11.8. The number of nitrogens with zero attached hydrogens (tertiary/aromatic N) is 2. The molecule has 0 spiro atoms. The highest BCUT2D eigenvalue weighted by molar-refractivity contribution is 6.35. The van der Waals surface area contributed by atoms with Gasteiger partial charge in [0, 0.05) is 21.3 Å². The third-order valence-electron chi connectivity index (χ3n) is 3.07. The number of azo groups is 1. The van der Waals surface area contributed by atoms with Gasteiger partial charge in [0.15, 0.2) is 5.69 Å². The van der Waals surface area contributed by atoms with Crippen LogP contribution in [0.4, 0.5) is 17.1 Å². The van der Waals surface area contributed by atoms with E-state index in [-0.39, 0.29) is 11.2 Å². The standard InChI is InChI=1S/C15H11Cl2N5O/c16-9-5-10(17)7-12(6-9)19-21-14-13(20-22-15(14)23)8-1-3-11(18)4-2-8/h1-7H,18H2,(H2,20,22,23). The first-order valence-corrected chi connectivity index (χ1v) is 7.33. The molecule has 3 rings (SSSR count). The minimum absolute atomic E-state index is 0.158. The Balaban J connectivity index is 2.00. The Hall–Kier alpha value is -2.57. The molecule has 0 aliphatic heterocycles. The minimum Gasteiger partial charge on any atom is -0.399 e. The van der Waals surface area contributed by atoms with Gasteiger partial charge in [0.05, 0.1) is 11.4 Å². The predicted molar refractivity (Wildman–Crippen MR) is 91.9 cm³/mol. The molecule has 0 saturated carbocycles. The summed E-state index contributed by atoms with van der Waals surface area (Å²) in [6, 6.07) is 11.8. The predicted octanol–water partition coefficient (Wildman–Crippen LogP) is 4.67. The van der Waals surface area contributed by atoms with E-state index in [1.54, 1.807) is 42.5 Å². The molecule has 0 unspecified atom stereocenters. The molecule has 0 atom stereocenters. The van der Waals surface area contributed by atoms with Gasteiger partial charge in [-0.25, -0.2) is 0 Å². The van der Waals surface area contributed by atoms with Gasteiger partial charge >= 0.3 is 0 Å². The summed E-state index contributed by atoms with van der Waals surface area (Å²) in [5.74, 6) is 0. The summed E-state index contributed by atoms with van der Waals surface area (Å²) in [5, 5.41) is 14.2. The highest BCUT2D eigenvalue weighted by Gasteiger charge is 2.11. The average Bonchev–Trinajstić information content (AvgIpc) is 2.86. The molecule has 0 saturated heterocycles. The second-order valence-electron chi connectivity index (χ2n) is 4.75. The van der Waals surface area contributed by atoms with Gasteiger partial charge in [0.25, 0.3) is 5.56 Å². The second kappa shape index (κ2) is 6.28. The van der Waals surface area contributed by atoms with E-state index >= 15 is 0 Å². The summed E-state index contributed by atoms with van der Waals surface area (Å²) in [6.07, 6.45) is 0. The lowest BCUT2D eigenvalue weighted by molar-refractivity contribution is 1.06. The van der Waals surface area contributed by atoms with E-state index in [9.17, 15) is 4.79 Å².